The number of rotatable bonds is 5. The minimum Gasteiger partial charge on any atom is -0.311 e. The molecule has 0 fully saturated rings. The van der Waals surface area contributed by atoms with E-state index in [-0.39, 0.29) is 6.54 Å². The molecule has 0 aromatic rings. The molecule has 0 radical (unpaired) electrons. The second kappa shape index (κ2) is 5.25. The van der Waals surface area contributed by atoms with Crippen LogP contribution in [0.5, 0.6) is 0 Å². The molecule has 0 heterocycles. The number of hydrogen-bond donors (Lipinski definition) is 1. The molecule has 1 atom stereocenters. The predicted octanol–water partition coefficient (Wildman–Crippen LogP) is 2.20. The van der Waals surface area contributed by atoms with Crippen molar-refractivity contribution in [3.05, 3.63) is 12.2 Å². The minimum absolute atomic E-state index is 0.170. The zero-order valence-corrected chi connectivity index (χ0v) is 7.10. The van der Waals surface area contributed by atoms with E-state index >= 15 is 0 Å². The van der Waals surface area contributed by atoms with Crippen molar-refractivity contribution in [1.29, 1.82) is 0 Å². The molecule has 0 aliphatic heterocycles. The van der Waals surface area contributed by atoms with Gasteiger partial charge < -0.3 is 5.32 Å². The quantitative estimate of drug-likeness (QED) is 0.499. The maximum atomic E-state index is 11.7. The highest BCUT2D eigenvalue weighted by Crippen LogP contribution is 2.19. The Hall–Kier alpha value is -0.440. The van der Waals surface area contributed by atoms with Crippen molar-refractivity contribution in [2.75, 3.05) is 13.1 Å². The molecule has 0 saturated heterocycles. The van der Waals surface area contributed by atoms with Crippen LogP contribution in [0.4, 0.5) is 8.78 Å². The van der Waals surface area contributed by atoms with E-state index in [1.54, 1.807) is 0 Å². The Morgan fingerprint density at radius 2 is 2.33 bits per heavy atom. The van der Waals surface area contributed by atoms with Crippen LogP contribution in [-0.4, -0.2) is 19.5 Å². The number of hydrogen-bond acceptors (Lipinski definition) is 1. The van der Waals surface area contributed by atoms with Crippen LogP contribution in [-0.2, 0) is 0 Å². The number of allylic oxidation sites excluding steroid dienone is 2. The van der Waals surface area contributed by atoms with Crippen molar-refractivity contribution in [3.63, 3.8) is 0 Å². The highest BCUT2D eigenvalue weighted by Gasteiger charge is 2.08. The lowest BCUT2D eigenvalue weighted by molar-refractivity contribution is 0.145. The molecule has 0 aromatic heterocycles. The molecule has 1 rings (SSSR count). The van der Waals surface area contributed by atoms with Crippen molar-refractivity contribution in [2.45, 2.75) is 25.7 Å². The molecular formula is C9H15F2N. The smallest absolute Gasteiger partial charge is 0.250 e. The van der Waals surface area contributed by atoms with Crippen molar-refractivity contribution in [1.82, 2.24) is 5.32 Å². The first-order valence-corrected chi connectivity index (χ1v) is 4.44. The average Bonchev–Trinajstić information content (AvgIpc) is 2.49. The van der Waals surface area contributed by atoms with E-state index < -0.39 is 6.43 Å². The molecule has 3 heteroatoms. The third-order valence-electron chi connectivity index (χ3n) is 2.10. The van der Waals surface area contributed by atoms with E-state index in [4.69, 9.17) is 0 Å². The van der Waals surface area contributed by atoms with E-state index in [9.17, 15) is 8.78 Å². The summed E-state index contributed by atoms with van der Waals surface area (Å²) in [6, 6.07) is 0. The summed E-state index contributed by atoms with van der Waals surface area (Å²) in [5, 5.41) is 2.73. The van der Waals surface area contributed by atoms with Gasteiger partial charge in [0, 0.05) is 0 Å². The maximum absolute atomic E-state index is 11.7. The summed E-state index contributed by atoms with van der Waals surface area (Å²) in [6.45, 7) is 0.537. The Kier molecular flexibility index (Phi) is 4.22. The normalized spacial score (nSPS) is 22.4. The third-order valence-corrected chi connectivity index (χ3v) is 2.10. The maximum Gasteiger partial charge on any atom is 0.250 e. The molecule has 0 saturated carbocycles. The van der Waals surface area contributed by atoms with Crippen molar-refractivity contribution >= 4 is 0 Å². The number of nitrogens with one attached hydrogen (secondary N) is 1. The van der Waals surface area contributed by atoms with Gasteiger partial charge in [0.15, 0.2) is 0 Å². The molecule has 1 N–H and O–H groups in total. The summed E-state index contributed by atoms with van der Waals surface area (Å²) < 4.78 is 23.3. The van der Waals surface area contributed by atoms with Gasteiger partial charge in [0.2, 0.25) is 0 Å². The fourth-order valence-electron chi connectivity index (χ4n) is 1.43. The van der Waals surface area contributed by atoms with Gasteiger partial charge >= 0.3 is 0 Å². The average molecular weight is 175 g/mol. The van der Waals surface area contributed by atoms with Crippen molar-refractivity contribution in [3.8, 4) is 0 Å². The first kappa shape index (κ1) is 9.65. The molecule has 1 unspecified atom stereocenters. The molecule has 70 valence electrons. The zero-order valence-electron chi connectivity index (χ0n) is 7.10. The SMILES string of the molecule is FC(F)CNCCC1C=CCC1. The Morgan fingerprint density at radius 3 is 2.92 bits per heavy atom. The summed E-state index contributed by atoms with van der Waals surface area (Å²) in [6.07, 6.45) is 5.46. The largest absolute Gasteiger partial charge is 0.311 e. The van der Waals surface area contributed by atoms with Gasteiger partial charge in [-0.15, -0.1) is 0 Å². The summed E-state index contributed by atoms with van der Waals surface area (Å²) in [5.74, 6) is 0.621. The van der Waals surface area contributed by atoms with Crippen LogP contribution in [0.2, 0.25) is 0 Å². The van der Waals surface area contributed by atoms with Gasteiger partial charge in [-0.3, -0.25) is 0 Å². The van der Waals surface area contributed by atoms with Crippen molar-refractivity contribution in [2.24, 2.45) is 5.92 Å². The second-order valence-corrected chi connectivity index (χ2v) is 3.15. The lowest BCUT2D eigenvalue weighted by atomic mass is 10.1. The molecule has 0 bridgehead atoms. The van der Waals surface area contributed by atoms with Gasteiger partial charge in [0.1, 0.15) is 0 Å². The summed E-state index contributed by atoms with van der Waals surface area (Å²) >= 11 is 0. The predicted molar refractivity (Wildman–Crippen MR) is 45.4 cm³/mol. The van der Waals surface area contributed by atoms with E-state index in [1.165, 1.54) is 6.42 Å². The molecule has 0 amide bonds. The Balaban J connectivity index is 1.91. The van der Waals surface area contributed by atoms with Crippen molar-refractivity contribution < 1.29 is 8.78 Å². The highest BCUT2D eigenvalue weighted by molar-refractivity contribution is 4.95. The van der Waals surface area contributed by atoms with E-state index in [2.05, 4.69) is 17.5 Å². The number of alkyl halides is 2. The standard InChI is InChI=1S/C9H15F2N/c10-9(11)7-12-6-5-8-3-1-2-4-8/h1,3,8-9,12H,2,4-7H2. The van der Waals surface area contributed by atoms with Gasteiger partial charge in [-0.1, -0.05) is 12.2 Å². The molecule has 0 spiro atoms. The van der Waals surface area contributed by atoms with Crippen LogP contribution < -0.4 is 5.32 Å². The molecule has 12 heavy (non-hydrogen) atoms. The molecular weight excluding hydrogens is 160 g/mol. The lowest BCUT2D eigenvalue weighted by Crippen LogP contribution is -2.23. The first-order chi connectivity index (χ1) is 5.79. The topological polar surface area (TPSA) is 12.0 Å². The highest BCUT2D eigenvalue weighted by atomic mass is 19.3. The van der Waals surface area contributed by atoms with Gasteiger partial charge in [0.25, 0.3) is 6.43 Å². The van der Waals surface area contributed by atoms with E-state index in [0.29, 0.717) is 12.5 Å². The van der Waals surface area contributed by atoms with Gasteiger partial charge in [-0.2, -0.15) is 0 Å². The number of halogens is 2. The molecule has 0 aromatic carbocycles. The summed E-state index contributed by atoms with van der Waals surface area (Å²) in [4.78, 5) is 0. The third kappa shape index (κ3) is 3.81. The monoisotopic (exact) mass is 175 g/mol. The Labute approximate surface area is 71.8 Å². The van der Waals surface area contributed by atoms with E-state index in [0.717, 1.165) is 12.8 Å². The minimum atomic E-state index is -2.22. The molecule has 1 nitrogen and oxygen atoms in total. The Bertz CT molecular complexity index is 145. The van der Waals surface area contributed by atoms with Gasteiger partial charge in [-0.25, -0.2) is 8.78 Å². The fraction of sp³-hybridized carbons (Fsp3) is 0.778. The second-order valence-electron chi connectivity index (χ2n) is 3.15. The van der Waals surface area contributed by atoms with Crippen LogP contribution in [0.3, 0.4) is 0 Å². The molecule has 1 aliphatic rings. The molecule has 1 aliphatic carbocycles. The van der Waals surface area contributed by atoms with Gasteiger partial charge in [-0.05, 0) is 31.7 Å². The summed E-state index contributed by atoms with van der Waals surface area (Å²) in [7, 11) is 0. The van der Waals surface area contributed by atoms with Crippen LogP contribution in [0, 0.1) is 5.92 Å². The summed E-state index contributed by atoms with van der Waals surface area (Å²) in [5.41, 5.74) is 0. The first-order valence-electron chi connectivity index (χ1n) is 4.44. The van der Waals surface area contributed by atoms with Crippen LogP contribution in [0.1, 0.15) is 19.3 Å². The van der Waals surface area contributed by atoms with Gasteiger partial charge in [0.05, 0.1) is 6.54 Å². The fourth-order valence-corrected chi connectivity index (χ4v) is 1.43. The zero-order chi connectivity index (χ0) is 8.81. The van der Waals surface area contributed by atoms with Crippen LogP contribution >= 0.6 is 0 Å². The van der Waals surface area contributed by atoms with Crippen LogP contribution in [0.25, 0.3) is 0 Å². The Morgan fingerprint density at radius 1 is 1.50 bits per heavy atom. The van der Waals surface area contributed by atoms with E-state index in [1.807, 2.05) is 0 Å². The lowest BCUT2D eigenvalue weighted by Gasteiger charge is -2.07. The van der Waals surface area contributed by atoms with Crippen LogP contribution in [0.15, 0.2) is 12.2 Å².